The SMILES string of the molecule is COC(CC(C)(C)n1ccnc1)OC. The van der Waals surface area contributed by atoms with Crippen molar-refractivity contribution < 1.29 is 9.47 Å². The summed E-state index contributed by atoms with van der Waals surface area (Å²) in [5.74, 6) is 0. The molecule has 1 rings (SSSR count). The first-order chi connectivity index (χ1) is 6.60. The number of hydrogen-bond acceptors (Lipinski definition) is 3. The van der Waals surface area contributed by atoms with Crippen molar-refractivity contribution in [3.63, 3.8) is 0 Å². The fourth-order valence-electron chi connectivity index (χ4n) is 1.39. The fraction of sp³-hybridized carbons (Fsp3) is 0.700. The third-order valence-electron chi connectivity index (χ3n) is 2.40. The molecule has 4 nitrogen and oxygen atoms in total. The van der Waals surface area contributed by atoms with Gasteiger partial charge in [0.1, 0.15) is 0 Å². The predicted molar refractivity (Wildman–Crippen MR) is 54.0 cm³/mol. The van der Waals surface area contributed by atoms with E-state index < -0.39 is 0 Å². The highest BCUT2D eigenvalue weighted by atomic mass is 16.7. The third kappa shape index (κ3) is 2.56. The van der Waals surface area contributed by atoms with E-state index in [-0.39, 0.29) is 11.8 Å². The van der Waals surface area contributed by atoms with E-state index in [1.165, 1.54) is 0 Å². The molecule has 4 heteroatoms. The molecular weight excluding hydrogens is 180 g/mol. The summed E-state index contributed by atoms with van der Waals surface area (Å²) in [4.78, 5) is 4.03. The molecular formula is C10H18N2O2. The van der Waals surface area contributed by atoms with Gasteiger partial charge in [-0.05, 0) is 13.8 Å². The van der Waals surface area contributed by atoms with Gasteiger partial charge in [0.15, 0.2) is 6.29 Å². The Labute approximate surface area is 84.9 Å². The normalized spacial score (nSPS) is 12.4. The maximum atomic E-state index is 5.18. The molecule has 0 fully saturated rings. The number of aromatic nitrogens is 2. The van der Waals surface area contributed by atoms with Crippen LogP contribution in [0.2, 0.25) is 0 Å². The van der Waals surface area contributed by atoms with Crippen molar-refractivity contribution in [2.45, 2.75) is 32.1 Å². The minimum atomic E-state index is -0.174. The lowest BCUT2D eigenvalue weighted by Crippen LogP contribution is -2.31. The number of rotatable bonds is 5. The Morgan fingerprint density at radius 1 is 1.36 bits per heavy atom. The molecule has 0 saturated carbocycles. The second-order valence-electron chi connectivity index (χ2n) is 3.89. The molecule has 0 atom stereocenters. The van der Waals surface area contributed by atoms with Gasteiger partial charge in [0.05, 0.1) is 6.33 Å². The van der Waals surface area contributed by atoms with Crippen molar-refractivity contribution in [3.05, 3.63) is 18.7 Å². The van der Waals surface area contributed by atoms with Crippen molar-refractivity contribution in [2.75, 3.05) is 14.2 Å². The lowest BCUT2D eigenvalue weighted by molar-refractivity contribution is -0.120. The van der Waals surface area contributed by atoms with Crippen LogP contribution < -0.4 is 0 Å². The Balaban J connectivity index is 2.66. The van der Waals surface area contributed by atoms with Crippen LogP contribution in [0.1, 0.15) is 20.3 Å². The van der Waals surface area contributed by atoms with Gasteiger partial charge >= 0.3 is 0 Å². The lowest BCUT2D eigenvalue weighted by Gasteiger charge is -2.29. The number of nitrogens with zero attached hydrogens (tertiary/aromatic N) is 2. The summed E-state index contributed by atoms with van der Waals surface area (Å²) >= 11 is 0. The van der Waals surface area contributed by atoms with Crippen LogP contribution in [0.25, 0.3) is 0 Å². The molecule has 0 spiro atoms. The van der Waals surface area contributed by atoms with Gasteiger partial charge in [0.25, 0.3) is 0 Å². The molecule has 0 radical (unpaired) electrons. The van der Waals surface area contributed by atoms with E-state index in [0.29, 0.717) is 0 Å². The van der Waals surface area contributed by atoms with Crippen LogP contribution in [0.15, 0.2) is 18.7 Å². The molecule has 0 aromatic carbocycles. The van der Waals surface area contributed by atoms with Gasteiger partial charge in [-0.25, -0.2) is 4.98 Å². The van der Waals surface area contributed by atoms with E-state index in [1.807, 2.05) is 12.5 Å². The molecule has 0 aliphatic heterocycles. The Bertz CT molecular complexity index is 253. The predicted octanol–water partition coefficient (Wildman–Crippen LogP) is 1.63. The molecule has 1 heterocycles. The first-order valence-electron chi connectivity index (χ1n) is 4.64. The maximum absolute atomic E-state index is 5.18. The van der Waals surface area contributed by atoms with Crippen molar-refractivity contribution in [1.29, 1.82) is 0 Å². The molecule has 0 aliphatic rings. The molecule has 80 valence electrons. The minimum Gasteiger partial charge on any atom is -0.356 e. The van der Waals surface area contributed by atoms with E-state index in [9.17, 15) is 0 Å². The van der Waals surface area contributed by atoms with Gasteiger partial charge in [-0.3, -0.25) is 0 Å². The van der Waals surface area contributed by atoms with E-state index in [0.717, 1.165) is 6.42 Å². The Hall–Kier alpha value is -0.870. The first kappa shape index (κ1) is 11.2. The summed E-state index contributed by atoms with van der Waals surface area (Å²) < 4.78 is 12.4. The topological polar surface area (TPSA) is 36.3 Å². The molecule has 0 aliphatic carbocycles. The van der Waals surface area contributed by atoms with E-state index in [4.69, 9.17) is 9.47 Å². The summed E-state index contributed by atoms with van der Waals surface area (Å²) in [5.41, 5.74) is -0.0484. The Morgan fingerprint density at radius 3 is 2.43 bits per heavy atom. The molecule has 14 heavy (non-hydrogen) atoms. The first-order valence-corrected chi connectivity index (χ1v) is 4.64. The van der Waals surface area contributed by atoms with Crippen LogP contribution in [0.5, 0.6) is 0 Å². The second kappa shape index (κ2) is 4.57. The average Bonchev–Trinajstić information content (AvgIpc) is 2.67. The quantitative estimate of drug-likeness (QED) is 0.675. The molecule has 1 aromatic rings. The van der Waals surface area contributed by atoms with Crippen LogP contribution in [0, 0.1) is 0 Å². The van der Waals surface area contributed by atoms with Gasteiger partial charge in [0, 0.05) is 38.6 Å². The van der Waals surface area contributed by atoms with Crippen molar-refractivity contribution in [2.24, 2.45) is 0 Å². The third-order valence-corrected chi connectivity index (χ3v) is 2.40. The summed E-state index contributed by atoms with van der Waals surface area (Å²) in [5, 5.41) is 0. The highest BCUT2D eigenvalue weighted by Crippen LogP contribution is 2.22. The average molecular weight is 198 g/mol. The summed E-state index contributed by atoms with van der Waals surface area (Å²) in [6.07, 6.45) is 6.14. The molecule has 0 N–H and O–H groups in total. The zero-order valence-electron chi connectivity index (χ0n) is 9.23. The molecule has 0 saturated heterocycles. The van der Waals surface area contributed by atoms with Gasteiger partial charge in [-0.2, -0.15) is 0 Å². The van der Waals surface area contributed by atoms with Crippen LogP contribution in [0.4, 0.5) is 0 Å². The zero-order chi connectivity index (χ0) is 10.6. The van der Waals surface area contributed by atoms with Crippen molar-refractivity contribution in [1.82, 2.24) is 9.55 Å². The number of hydrogen-bond donors (Lipinski definition) is 0. The van der Waals surface area contributed by atoms with Crippen molar-refractivity contribution >= 4 is 0 Å². The van der Waals surface area contributed by atoms with Gasteiger partial charge in [-0.1, -0.05) is 0 Å². The van der Waals surface area contributed by atoms with Crippen LogP contribution in [-0.2, 0) is 15.0 Å². The Kier molecular flexibility index (Phi) is 3.66. The molecule has 1 aromatic heterocycles. The van der Waals surface area contributed by atoms with E-state index >= 15 is 0 Å². The van der Waals surface area contributed by atoms with Crippen LogP contribution in [-0.4, -0.2) is 30.1 Å². The highest BCUT2D eigenvalue weighted by molar-refractivity contribution is 4.86. The maximum Gasteiger partial charge on any atom is 0.159 e. The van der Waals surface area contributed by atoms with E-state index in [2.05, 4.69) is 23.4 Å². The summed E-state index contributed by atoms with van der Waals surface area (Å²) in [6.45, 7) is 4.25. The molecule has 0 unspecified atom stereocenters. The zero-order valence-corrected chi connectivity index (χ0v) is 9.23. The molecule has 0 bridgehead atoms. The largest absolute Gasteiger partial charge is 0.356 e. The smallest absolute Gasteiger partial charge is 0.159 e. The summed E-state index contributed by atoms with van der Waals surface area (Å²) in [6, 6.07) is 0. The highest BCUT2D eigenvalue weighted by Gasteiger charge is 2.24. The van der Waals surface area contributed by atoms with Crippen LogP contribution >= 0.6 is 0 Å². The van der Waals surface area contributed by atoms with Gasteiger partial charge in [0.2, 0.25) is 0 Å². The monoisotopic (exact) mass is 198 g/mol. The van der Waals surface area contributed by atoms with Crippen molar-refractivity contribution in [3.8, 4) is 0 Å². The summed E-state index contributed by atoms with van der Waals surface area (Å²) in [7, 11) is 3.30. The number of imidazole rings is 1. The lowest BCUT2D eigenvalue weighted by atomic mass is 10.0. The Morgan fingerprint density at radius 2 is 2.00 bits per heavy atom. The van der Waals surface area contributed by atoms with Gasteiger partial charge in [-0.15, -0.1) is 0 Å². The minimum absolute atomic E-state index is 0.0484. The second-order valence-corrected chi connectivity index (χ2v) is 3.89. The molecule has 0 amide bonds. The van der Waals surface area contributed by atoms with Crippen LogP contribution in [0.3, 0.4) is 0 Å². The van der Waals surface area contributed by atoms with Gasteiger partial charge < -0.3 is 14.0 Å². The number of ether oxygens (including phenoxy) is 2. The van der Waals surface area contributed by atoms with E-state index in [1.54, 1.807) is 20.4 Å². The standard InChI is InChI=1S/C10H18N2O2/c1-10(2,7-9(13-3)14-4)12-6-5-11-8-12/h5-6,8-9H,7H2,1-4H3. The number of methoxy groups -OCH3 is 2. The fourth-order valence-corrected chi connectivity index (χ4v) is 1.39.